The van der Waals surface area contributed by atoms with Gasteiger partial charge in [-0.1, -0.05) is 17.8 Å². The Bertz CT molecular complexity index is 554. The zero-order valence-corrected chi connectivity index (χ0v) is 11.0. The summed E-state index contributed by atoms with van der Waals surface area (Å²) in [5, 5.41) is 22.9. The van der Waals surface area contributed by atoms with E-state index in [-0.39, 0.29) is 5.25 Å². The number of nitrogens with zero attached hydrogens (tertiary/aromatic N) is 3. The van der Waals surface area contributed by atoms with Crippen LogP contribution in [0.3, 0.4) is 0 Å². The Morgan fingerprint density at radius 2 is 2.39 bits per heavy atom. The Balaban J connectivity index is 1.87. The first kappa shape index (κ1) is 12.0. The summed E-state index contributed by atoms with van der Waals surface area (Å²) < 4.78 is 1.95. The van der Waals surface area contributed by atoms with Crippen LogP contribution < -0.4 is 5.32 Å². The Morgan fingerprint density at radius 3 is 3.22 bits per heavy atom. The van der Waals surface area contributed by atoms with E-state index in [9.17, 15) is 5.11 Å². The minimum Gasteiger partial charge on any atom is -0.389 e. The highest BCUT2D eigenvalue weighted by Gasteiger charge is 2.36. The molecule has 2 atom stereocenters. The highest BCUT2D eigenvalue weighted by Crippen LogP contribution is 2.32. The number of aliphatic hydroxyl groups is 1. The first-order valence-corrected chi connectivity index (χ1v) is 6.94. The predicted octanol–water partition coefficient (Wildman–Crippen LogP) is 0.934. The molecule has 0 aromatic carbocycles. The number of thioether (sulfide) groups is 1. The largest absolute Gasteiger partial charge is 0.389 e. The molecule has 0 aliphatic carbocycles. The van der Waals surface area contributed by atoms with E-state index in [0.717, 1.165) is 30.3 Å². The van der Waals surface area contributed by atoms with Crippen LogP contribution in [-0.2, 0) is 0 Å². The molecule has 2 aromatic heterocycles. The third-order valence-corrected chi connectivity index (χ3v) is 4.81. The maximum atomic E-state index is 10.4. The first-order valence-electron chi connectivity index (χ1n) is 6.06. The molecule has 2 unspecified atom stereocenters. The van der Waals surface area contributed by atoms with E-state index in [2.05, 4.69) is 15.5 Å². The molecule has 5 nitrogen and oxygen atoms in total. The molecule has 0 saturated carbocycles. The van der Waals surface area contributed by atoms with E-state index >= 15 is 0 Å². The van der Waals surface area contributed by atoms with Crippen LogP contribution in [0.5, 0.6) is 0 Å². The van der Waals surface area contributed by atoms with Crippen LogP contribution in [0.25, 0.3) is 5.65 Å². The summed E-state index contributed by atoms with van der Waals surface area (Å²) in [7, 11) is 0. The van der Waals surface area contributed by atoms with Crippen molar-refractivity contribution in [1.29, 1.82) is 0 Å². The number of piperidine rings is 1. The lowest BCUT2D eigenvalue weighted by Gasteiger charge is -2.36. The Labute approximate surface area is 110 Å². The van der Waals surface area contributed by atoms with Crippen LogP contribution in [0.4, 0.5) is 0 Å². The Morgan fingerprint density at radius 1 is 1.50 bits per heavy atom. The molecule has 1 fully saturated rings. The molecule has 0 bridgehead atoms. The summed E-state index contributed by atoms with van der Waals surface area (Å²) in [6.45, 7) is 3.55. The molecule has 3 rings (SSSR count). The van der Waals surface area contributed by atoms with Crippen LogP contribution in [0.1, 0.15) is 13.3 Å². The lowest BCUT2D eigenvalue weighted by molar-refractivity contribution is 0.0354. The van der Waals surface area contributed by atoms with Gasteiger partial charge in [-0.3, -0.25) is 4.40 Å². The quantitative estimate of drug-likeness (QED) is 0.845. The van der Waals surface area contributed by atoms with Gasteiger partial charge in [0.25, 0.3) is 0 Å². The van der Waals surface area contributed by atoms with E-state index in [1.807, 2.05) is 35.7 Å². The van der Waals surface area contributed by atoms with Crippen molar-refractivity contribution in [3.63, 3.8) is 0 Å². The van der Waals surface area contributed by atoms with Crippen molar-refractivity contribution in [3.8, 4) is 0 Å². The van der Waals surface area contributed by atoms with Gasteiger partial charge in [-0.05, 0) is 32.0 Å². The monoisotopic (exact) mass is 264 g/mol. The van der Waals surface area contributed by atoms with Crippen molar-refractivity contribution in [3.05, 3.63) is 24.4 Å². The molecule has 1 aliphatic rings. The number of pyridine rings is 1. The molecule has 1 aliphatic heterocycles. The van der Waals surface area contributed by atoms with E-state index < -0.39 is 5.60 Å². The highest BCUT2D eigenvalue weighted by atomic mass is 32.2. The lowest BCUT2D eigenvalue weighted by atomic mass is 9.94. The summed E-state index contributed by atoms with van der Waals surface area (Å²) in [6, 6.07) is 5.82. The van der Waals surface area contributed by atoms with E-state index in [1.54, 1.807) is 11.8 Å². The number of fused-ring (bicyclic) bond motifs is 1. The van der Waals surface area contributed by atoms with E-state index in [4.69, 9.17) is 0 Å². The molecule has 0 amide bonds. The molecule has 2 aromatic rings. The standard InChI is InChI=1S/C12H16N4OS/c1-12(17)5-6-13-8-9(12)18-11-15-14-10-4-2-3-7-16(10)11/h2-4,7,9,13,17H,5-6,8H2,1H3. The molecule has 0 spiro atoms. The van der Waals surface area contributed by atoms with Crippen molar-refractivity contribution >= 4 is 17.4 Å². The summed E-state index contributed by atoms with van der Waals surface area (Å²) >= 11 is 1.58. The van der Waals surface area contributed by atoms with Crippen LogP contribution >= 0.6 is 11.8 Å². The second-order valence-electron chi connectivity index (χ2n) is 4.83. The summed E-state index contributed by atoms with van der Waals surface area (Å²) in [6.07, 6.45) is 2.71. The molecule has 3 heterocycles. The Kier molecular flexibility index (Phi) is 3.01. The van der Waals surface area contributed by atoms with Gasteiger partial charge in [0.15, 0.2) is 10.8 Å². The van der Waals surface area contributed by atoms with Crippen LogP contribution in [-0.4, -0.2) is 43.6 Å². The van der Waals surface area contributed by atoms with Crippen molar-refractivity contribution < 1.29 is 5.11 Å². The molecule has 6 heteroatoms. The minimum atomic E-state index is -0.656. The van der Waals surface area contributed by atoms with Gasteiger partial charge in [-0.15, -0.1) is 10.2 Å². The number of aromatic nitrogens is 3. The smallest absolute Gasteiger partial charge is 0.196 e. The second kappa shape index (κ2) is 4.53. The van der Waals surface area contributed by atoms with Gasteiger partial charge in [0.2, 0.25) is 0 Å². The average Bonchev–Trinajstić information content (AvgIpc) is 2.75. The summed E-state index contributed by atoms with van der Waals surface area (Å²) in [5.74, 6) is 0. The maximum Gasteiger partial charge on any atom is 0.196 e. The second-order valence-corrected chi connectivity index (χ2v) is 6.00. The van der Waals surface area contributed by atoms with Crippen LogP contribution in [0, 0.1) is 0 Å². The average molecular weight is 264 g/mol. The van der Waals surface area contributed by atoms with Crippen molar-refractivity contribution in [1.82, 2.24) is 19.9 Å². The zero-order valence-electron chi connectivity index (χ0n) is 10.2. The van der Waals surface area contributed by atoms with Gasteiger partial charge in [0, 0.05) is 12.7 Å². The number of hydrogen-bond donors (Lipinski definition) is 2. The molecule has 18 heavy (non-hydrogen) atoms. The zero-order chi connectivity index (χ0) is 12.6. The van der Waals surface area contributed by atoms with Gasteiger partial charge >= 0.3 is 0 Å². The fraction of sp³-hybridized carbons (Fsp3) is 0.500. The molecule has 2 N–H and O–H groups in total. The molecule has 1 saturated heterocycles. The third-order valence-electron chi connectivity index (χ3n) is 3.36. The van der Waals surface area contributed by atoms with Crippen molar-refractivity contribution in [2.75, 3.05) is 13.1 Å². The van der Waals surface area contributed by atoms with Gasteiger partial charge in [0.1, 0.15) is 0 Å². The molecular formula is C12H16N4OS. The van der Waals surface area contributed by atoms with Crippen molar-refractivity contribution in [2.45, 2.75) is 29.4 Å². The number of hydrogen-bond acceptors (Lipinski definition) is 5. The van der Waals surface area contributed by atoms with Crippen LogP contribution in [0.2, 0.25) is 0 Å². The van der Waals surface area contributed by atoms with Gasteiger partial charge in [-0.25, -0.2) is 0 Å². The molecule has 96 valence electrons. The fourth-order valence-electron chi connectivity index (χ4n) is 2.15. The third kappa shape index (κ3) is 2.11. The molecular weight excluding hydrogens is 248 g/mol. The highest BCUT2D eigenvalue weighted by molar-refractivity contribution is 7.99. The predicted molar refractivity (Wildman–Crippen MR) is 70.7 cm³/mol. The SMILES string of the molecule is CC1(O)CCNCC1Sc1nnc2ccccn12. The summed E-state index contributed by atoms with van der Waals surface area (Å²) in [4.78, 5) is 0. The first-order chi connectivity index (χ1) is 8.67. The van der Waals surface area contributed by atoms with E-state index in [1.165, 1.54) is 0 Å². The topological polar surface area (TPSA) is 62.5 Å². The maximum absolute atomic E-state index is 10.4. The van der Waals surface area contributed by atoms with Crippen LogP contribution in [0.15, 0.2) is 29.6 Å². The van der Waals surface area contributed by atoms with Crippen molar-refractivity contribution in [2.24, 2.45) is 0 Å². The van der Waals surface area contributed by atoms with Gasteiger partial charge in [0.05, 0.1) is 10.9 Å². The number of rotatable bonds is 2. The van der Waals surface area contributed by atoms with E-state index in [0.29, 0.717) is 0 Å². The van der Waals surface area contributed by atoms with Gasteiger partial charge in [-0.2, -0.15) is 0 Å². The summed E-state index contributed by atoms with van der Waals surface area (Å²) in [5.41, 5.74) is 0.180. The van der Waals surface area contributed by atoms with Gasteiger partial charge < -0.3 is 10.4 Å². The Hall–Kier alpha value is -1.11. The number of nitrogens with one attached hydrogen (secondary N) is 1. The lowest BCUT2D eigenvalue weighted by Crippen LogP contribution is -2.50. The fourth-order valence-corrected chi connectivity index (χ4v) is 3.33. The molecule has 0 radical (unpaired) electrons. The normalized spacial score (nSPS) is 28.7. The minimum absolute atomic E-state index is 0.0962.